The molecule has 1 fully saturated rings. The summed E-state index contributed by atoms with van der Waals surface area (Å²) in [5, 5.41) is 8.01. The number of aromatic nitrogens is 4. The first-order valence-corrected chi connectivity index (χ1v) is 11.0. The van der Waals surface area contributed by atoms with E-state index in [9.17, 15) is 0 Å². The third kappa shape index (κ3) is 4.89. The number of piperidine rings is 1. The highest BCUT2D eigenvalue weighted by Gasteiger charge is 2.12. The molecule has 0 radical (unpaired) electrons. The Bertz CT molecular complexity index is 889. The molecule has 4 rings (SSSR count). The van der Waals surface area contributed by atoms with E-state index in [1.807, 2.05) is 29.2 Å². The van der Waals surface area contributed by atoms with Crippen molar-refractivity contribution < 1.29 is 0 Å². The number of rotatable bonds is 8. The first-order valence-electron chi connectivity index (χ1n) is 10.2. The lowest BCUT2D eigenvalue weighted by molar-refractivity contribution is 0.228. The minimum atomic E-state index is 0.863. The van der Waals surface area contributed by atoms with Crippen LogP contribution in [0.25, 0.3) is 5.65 Å². The van der Waals surface area contributed by atoms with Gasteiger partial charge in [-0.1, -0.05) is 12.5 Å². The van der Waals surface area contributed by atoms with Crippen molar-refractivity contribution in [3.05, 3.63) is 52.5 Å². The zero-order chi connectivity index (χ0) is 19.2. The highest BCUT2D eigenvalue weighted by Crippen LogP contribution is 2.21. The number of likely N-dealkylation sites (tertiary alicyclic amines) is 1. The van der Waals surface area contributed by atoms with Crippen molar-refractivity contribution in [3.8, 4) is 0 Å². The van der Waals surface area contributed by atoms with Gasteiger partial charge < -0.3 is 10.2 Å². The molecule has 28 heavy (non-hydrogen) atoms. The Balaban J connectivity index is 1.40. The molecule has 0 bridgehead atoms. The Hall–Kier alpha value is -1.99. The summed E-state index contributed by atoms with van der Waals surface area (Å²) in [6.45, 7) is 4.61. The first kappa shape index (κ1) is 19.3. The summed E-state index contributed by atoms with van der Waals surface area (Å²) in [5.74, 6) is 0.925. The fraction of sp³-hybridized carbons (Fsp3) is 0.476. The molecule has 7 heteroatoms. The summed E-state index contributed by atoms with van der Waals surface area (Å²) in [5.41, 5.74) is 3.25. The van der Waals surface area contributed by atoms with Crippen LogP contribution in [0.3, 0.4) is 0 Å². The van der Waals surface area contributed by atoms with Gasteiger partial charge in [-0.3, -0.25) is 4.98 Å². The highest BCUT2D eigenvalue weighted by molar-refractivity contribution is 9.10. The molecule has 1 aliphatic rings. The number of fused-ring (bicyclic) bond motifs is 1. The molecule has 4 heterocycles. The molecule has 0 saturated carbocycles. The smallest absolute Gasteiger partial charge is 0.171 e. The number of hydrogen-bond acceptors (Lipinski definition) is 5. The monoisotopic (exact) mass is 442 g/mol. The fourth-order valence-electron chi connectivity index (χ4n) is 3.79. The summed E-state index contributed by atoms with van der Waals surface area (Å²) >= 11 is 3.57. The Morgan fingerprint density at radius 2 is 2.00 bits per heavy atom. The Labute approximate surface area is 174 Å². The van der Waals surface area contributed by atoms with Crippen molar-refractivity contribution in [3.63, 3.8) is 0 Å². The van der Waals surface area contributed by atoms with Crippen LogP contribution in [0.5, 0.6) is 0 Å². The van der Waals surface area contributed by atoms with E-state index >= 15 is 0 Å². The van der Waals surface area contributed by atoms with Crippen molar-refractivity contribution in [2.45, 2.75) is 38.5 Å². The molecule has 6 nitrogen and oxygen atoms in total. The second kappa shape index (κ2) is 9.47. The molecule has 0 unspecified atom stereocenters. The van der Waals surface area contributed by atoms with Crippen LogP contribution in [0, 0.1) is 0 Å². The maximum atomic E-state index is 4.75. The van der Waals surface area contributed by atoms with Gasteiger partial charge in [-0.25, -0.2) is 9.50 Å². The molecule has 3 aromatic rings. The zero-order valence-electron chi connectivity index (χ0n) is 16.1. The maximum absolute atomic E-state index is 4.75. The maximum Gasteiger partial charge on any atom is 0.171 e. The minimum absolute atomic E-state index is 0.863. The second-order valence-corrected chi connectivity index (χ2v) is 8.26. The largest absolute Gasteiger partial charge is 0.370 e. The summed E-state index contributed by atoms with van der Waals surface area (Å²) in [4.78, 5) is 11.5. The lowest BCUT2D eigenvalue weighted by atomic mass is 10.1. The standard InChI is InChI=1S/C21H27BrN6/c22-19-16-25-28-18(8-7-17-6-4-9-23-15-17)14-20(26-21(19)28)24-10-5-13-27-11-2-1-3-12-27/h4,6,9,14-16H,1-3,5,7-8,10-13H2,(H,24,26). The molecule has 0 aromatic carbocycles. The molecular weight excluding hydrogens is 416 g/mol. The number of nitrogens with one attached hydrogen (secondary N) is 1. The molecule has 0 amide bonds. The predicted molar refractivity (Wildman–Crippen MR) is 116 cm³/mol. The number of hydrogen-bond donors (Lipinski definition) is 1. The highest BCUT2D eigenvalue weighted by atomic mass is 79.9. The van der Waals surface area contributed by atoms with Crippen LogP contribution < -0.4 is 5.32 Å². The third-order valence-corrected chi connectivity index (χ3v) is 5.86. The van der Waals surface area contributed by atoms with Crippen LogP contribution >= 0.6 is 15.9 Å². The average Bonchev–Trinajstić information content (AvgIpc) is 3.12. The summed E-state index contributed by atoms with van der Waals surface area (Å²) < 4.78 is 2.85. The van der Waals surface area contributed by atoms with E-state index in [4.69, 9.17) is 4.98 Å². The molecule has 0 spiro atoms. The van der Waals surface area contributed by atoms with Gasteiger partial charge in [0, 0.05) is 30.7 Å². The van der Waals surface area contributed by atoms with Crippen LogP contribution in [0.15, 0.2) is 41.3 Å². The number of nitrogens with zero attached hydrogens (tertiary/aromatic N) is 5. The molecule has 1 aliphatic heterocycles. The fourth-order valence-corrected chi connectivity index (χ4v) is 4.14. The van der Waals surface area contributed by atoms with E-state index in [1.165, 1.54) is 44.5 Å². The second-order valence-electron chi connectivity index (χ2n) is 7.40. The van der Waals surface area contributed by atoms with Crippen molar-refractivity contribution in [2.24, 2.45) is 0 Å². The lowest BCUT2D eigenvalue weighted by Gasteiger charge is -2.26. The summed E-state index contributed by atoms with van der Waals surface area (Å²) in [6, 6.07) is 6.23. The van der Waals surface area contributed by atoms with Crippen LogP contribution in [-0.2, 0) is 12.8 Å². The molecule has 3 aromatic heterocycles. The average molecular weight is 443 g/mol. The van der Waals surface area contributed by atoms with Gasteiger partial charge in [-0.05, 0) is 79.3 Å². The number of aryl methyl sites for hydroxylation is 2. The summed E-state index contributed by atoms with van der Waals surface area (Å²) in [6.07, 6.45) is 12.6. The molecule has 0 atom stereocenters. The molecule has 1 N–H and O–H groups in total. The Kier molecular flexibility index (Phi) is 6.54. The number of halogens is 1. The van der Waals surface area contributed by atoms with Gasteiger partial charge in [0.05, 0.1) is 10.7 Å². The van der Waals surface area contributed by atoms with Crippen LogP contribution in [-0.4, -0.2) is 50.7 Å². The van der Waals surface area contributed by atoms with Gasteiger partial charge in [0.2, 0.25) is 0 Å². The molecule has 1 saturated heterocycles. The van der Waals surface area contributed by atoms with Gasteiger partial charge in [0.25, 0.3) is 0 Å². The van der Waals surface area contributed by atoms with Crippen LogP contribution in [0.4, 0.5) is 5.82 Å². The van der Waals surface area contributed by atoms with E-state index in [0.717, 1.165) is 47.4 Å². The van der Waals surface area contributed by atoms with Gasteiger partial charge in [0.1, 0.15) is 5.82 Å². The normalized spacial score (nSPS) is 15.2. The van der Waals surface area contributed by atoms with E-state index in [2.05, 4.69) is 48.4 Å². The van der Waals surface area contributed by atoms with Gasteiger partial charge in [0.15, 0.2) is 5.65 Å². The third-order valence-electron chi connectivity index (χ3n) is 5.30. The molecule has 0 aliphatic carbocycles. The number of anilines is 1. The van der Waals surface area contributed by atoms with E-state index in [0.29, 0.717) is 0 Å². The quantitative estimate of drug-likeness (QED) is 0.534. The van der Waals surface area contributed by atoms with E-state index in [-0.39, 0.29) is 0 Å². The molecular formula is C21H27BrN6. The van der Waals surface area contributed by atoms with E-state index < -0.39 is 0 Å². The number of pyridine rings is 1. The van der Waals surface area contributed by atoms with Crippen LogP contribution in [0.2, 0.25) is 0 Å². The SMILES string of the molecule is Brc1cnn2c(CCc3cccnc3)cc(NCCCN3CCCCC3)nc12. The minimum Gasteiger partial charge on any atom is -0.370 e. The first-order chi connectivity index (χ1) is 13.8. The van der Waals surface area contributed by atoms with Gasteiger partial charge in [-0.2, -0.15) is 5.10 Å². The van der Waals surface area contributed by atoms with Crippen LogP contribution in [0.1, 0.15) is 36.9 Å². The molecule has 148 valence electrons. The lowest BCUT2D eigenvalue weighted by Crippen LogP contribution is -2.31. The van der Waals surface area contributed by atoms with Crippen molar-refractivity contribution in [1.82, 2.24) is 24.5 Å². The van der Waals surface area contributed by atoms with Gasteiger partial charge in [-0.15, -0.1) is 0 Å². The van der Waals surface area contributed by atoms with E-state index in [1.54, 1.807) is 0 Å². The Morgan fingerprint density at radius 1 is 1.11 bits per heavy atom. The zero-order valence-corrected chi connectivity index (χ0v) is 17.7. The van der Waals surface area contributed by atoms with Crippen molar-refractivity contribution in [2.75, 3.05) is 31.5 Å². The van der Waals surface area contributed by atoms with Crippen molar-refractivity contribution in [1.29, 1.82) is 0 Å². The van der Waals surface area contributed by atoms with Crippen molar-refractivity contribution >= 4 is 27.4 Å². The predicted octanol–water partition coefficient (Wildman–Crippen LogP) is 3.96. The Morgan fingerprint density at radius 3 is 2.82 bits per heavy atom. The van der Waals surface area contributed by atoms with Gasteiger partial charge >= 0.3 is 0 Å². The summed E-state index contributed by atoms with van der Waals surface area (Å²) in [7, 11) is 0. The topological polar surface area (TPSA) is 58.4 Å².